The molecule has 0 unspecified atom stereocenters. The standard InChI is InChI=1S/C13H27N5O.HI/c1-16-4-2-5-17(8-7-16)6-3-15-13(14)18-9-11-19-12-10-18;/h2-12H2,1H3,(H2,14,15);1H. The SMILES string of the molecule is CN1CCCN(CCN=C(N)N2CCOCC2)CC1.I. The number of morpholine rings is 1. The van der Waals surface area contributed by atoms with Gasteiger partial charge in [-0.25, -0.2) is 0 Å². The molecule has 20 heavy (non-hydrogen) atoms. The molecule has 0 aromatic carbocycles. The summed E-state index contributed by atoms with van der Waals surface area (Å²) in [7, 11) is 2.19. The first-order valence-electron chi connectivity index (χ1n) is 7.29. The molecule has 2 aliphatic heterocycles. The number of guanidine groups is 1. The minimum Gasteiger partial charge on any atom is -0.378 e. The average Bonchev–Trinajstić information content (AvgIpc) is 2.65. The van der Waals surface area contributed by atoms with Crippen molar-refractivity contribution in [3.8, 4) is 0 Å². The Labute approximate surface area is 139 Å². The van der Waals surface area contributed by atoms with Crippen LogP contribution in [0.5, 0.6) is 0 Å². The van der Waals surface area contributed by atoms with E-state index in [1.165, 1.54) is 19.5 Å². The number of ether oxygens (including phenoxy) is 1. The predicted molar refractivity (Wildman–Crippen MR) is 92.9 cm³/mol. The maximum Gasteiger partial charge on any atom is 0.191 e. The summed E-state index contributed by atoms with van der Waals surface area (Å²) in [4.78, 5) is 11.5. The topological polar surface area (TPSA) is 57.3 Å². The Kier molecular flexibility index (Phi) is 8.74. The first-order chi connectivity index (χ1) is 9.25. The van der Waals surface area contributed by atoms with Crippen molar-refractivity contribution >= 4 is 29.9 Å². The van der Waals surface area contributed by atoms with Gasteiger partial charge in [0.1, 0.15) is 0 Å². The third kappa shape index (κ3) is 6.11. The Bertz CT molecular complexity index is 296. The van der Waals surface area contributed by atoms with Crippen molar-refractivity contribution in [1.82, 2.24) is 14.7 Å². The van der Waals surface area contributed by atoms with Crippen molar-refractivity contribution < 1.29 is 4.74 Å². The third-order valence-corrected chi connectivity index (χ3v) is 3.84. The van der Waals surface area contributed by atoms with E-state index in [4.69, 9.17) is 10.5 Å². The van der Waals surface area contributed by atoms with Crippen LogP contribution in [0.2, 0.25) is 0 Å². The minimum atomic E-state index is 0. The Morgan fingerprint density at radius 3 is 2.60 bits per heavy atom. The summed E-state index contributed by atoms with van der Waals surface area (Å²) in [5.41, 5.74) is 6.01. The summed E-state index contributed by atoms with van der Waals surface area (Å²) >= 11 is 0. The largest absolute Gasteiger partial charge is 0.378 e. The minimum absolute atomic E-state index is 0. The van der Waals surface area contributed by atoms with Gasteiger partial charge in [0.25, 0.3) is 0 Å². The zero-order chi connectivity index (χ0) is 13.5. The first kappa shape index (κ1) is 17.9. The molecule has 0 spiro atoms. The number of nitrogens with two attached hydrogens (primary N) is 1. The van der Waals surface area contributed by atoms with Crippen LogP contribution in [0, 0.1) is 0 Å². The van der Waals surface area contributed by atoms with Gasteiger partial charge in [-0.2, -0.15) is 0 Å². The summed E-state index contributed by atoms with van der Waals surface area (Å²) < 4.78 is 5.31. The van der Waals surface area contributed by atoms with E-state index in [0.717, 1.165) is 52.5 Å². The van der Waals surface area contributed by atoms with E-state index in [-0.39, 0.29) is 24.0 Å². The Hall–Kier alpha value is -0.120. The van der Waals surface area contributed by atoms with Gasteiger partial charge in [0.05, 0.1) is 19.8 Å². The first-order valence-corrected chi connectivity index (χ1v) is 7.29. The molecule has 2 aliphatic rings. The van der Waals surface area contributed by atoms with E-state index in [9.17, 15) is 0 Å². The lowest BCUT2D eigenvalue weighted by Crippen LogP contribution is -2.45. The number of rotatable bonds is 3. The smallest absolute Gasteiger partial charge is 0.191 e. The molecule has 0 aliphatic carbocycles. The van der Waals surface area contributed by atoms with Crippen molar-refractivity contribution in [2.45, 2.75) is 6.42 Å². The Morgan fingerprint density at radius 1 is 1.10 bits per heavy atom. The average molecular weight is 397 g/mol. The highest BCUT2D eigenvalue weighted by Gasteiger charge is 2.13. The molecular formula is C13H28IN5O. The molecular weight excluding hydrogens is 369 g/mol. The van der Waals surface area contributed by atoms with E-state index < -0.39 is 0 Å². The van der Waals surface area contributed by atoms with Gasteiger partial charge in [-0.05, 0) is 26.6 Å². The molecule has 0 aromatic heterocycles. The number of halogens is 1. The highest BCUT2D eigenvalue weighted by atomic mass is 127. The summed E-state index contributed by atoms with van der Waals surface area (Å²) in [6.45, 7) is 9.74. The molecule has 0 radical (unpaired) electrons. The molecule has 2 heterocycles. The van der Waals surface area contributed by atoms with Crippen LogP contribution < -0.4 is 5.73 Å². The zero-order valence-corrected chi connectivity index (χ0v) is 14.8. The van der Waals surface area contributed by atoms with E-state index in [1.807, 2.05) is 0 Å². The lowest BCUT2D eigenvalue weighted by Gasteiger charge is -2.27. The fourth-order valence-electron chi connectivity index (χ4n) is 2.52. The second kappa shape index (κ2) is 9.75. The highest BCUT2D eigenvalue weighted by Crippen LogP contribution is 2.01. The quantitative estimate of drug-likeness (QED) is 0.409. The van der Waals surface area contributed by atoms with Gasteiger partial charge in [-0.1, -0.05) is 0 Å². The lowest BCUT2D eigenvalue weighted by molar-refractivity contribution is 0.0674. The normalized spacial score (nSPS) is 23.2. The molecule has 2 rings (SSSR count). The summed E-state index contributed by atoms with van der Waals surface area (Å²) in [6, 6.07) is 0. The van der Waals surface area contributed by atoms with Crippen LogP contribution in [-0.4, -0.2) is 93.3 Å². The fourth-order valence-corrected chi connectivity index (χ4v) is 2.52. The molecule has 2 N–H and O–H groups in total. The van der Waals surface area contributed by atoms with Gasteiger partial charge < -0.3 is 25.2 Å². The highest BCUT2D eigenvalue weighted by molar-refractivity contribution is 14.0. The van der Waals surface area contributed by atoms with E-state index >= 15 is 0 Å². The summed E-state index contributed by atoms with van der Waals surface area (Å²) in [6.07, 6.45) is 1.25. The van der Waals surface area contributed by atoms with Gasteiger partial charge in [0, 0.05) is 32.7 Å². The Morgan fingerprint density at radius 2 is 1.85 bits per heavy atom. The third-order valence-electron chi connectivity index (χ3n) is 3.84. The van der Waals surface area contributed by atoms with Crippen LogP contribution in [0.15, 0.2) is 4.99 Å². The van der Waals surface area contributed by atoms with Crippen LogP contribution in [0.25, 0.3) is 0 Å². The van der Waals surface area contributed by atoms with E-state index in [1.54, 1.807) is 0 Å². The van der Waals surface area contributed by atoms with Crippen LogP contribution >= 0.6 is 24.0 Å². The molecule has 0 amide bonds. The zero-order valence-electron chi connectivity index (χ0n) is 12.5. The molecule has 2 fully saturated rings. The van der Waals surface area contributed by atoms with Gasteiger partial charge >= 0.3 is 0 Å². The van der Waals surface area contributed by atoms with Gasteiger partial charge in [-0.3, -0.25) is 4.99 Å². The van der Waals surface area contributed by atoms with Gasteiger partial charge in [0.15, 0.2) is 5.96 Å². The van der Waals surface area contributed by atoms with E-state index in [2.05, 4.69) is 26.7 Å². The maximum atomic E-state index is 6.01. The van der Waals surface area contributed by atoms with E-state index in [0.29, 0.717) is 5.96 Å². The molecule has 0 atom stereocenters. The second-order valence-electron chi connectivity index (χ2n) is 5.34. The molecule has 7 heteroatoms. The van der Waals surface area contributed by atoms with Crippen LogP contribution in [0.4, 0.5) is 0 Å². The van der Waals surface area contributed by atoms with Gasteiger partial charge in [-0.15, -0.1) is 24.0 Å². The molecule has 0 aromatic rings. The molecule has 0 bridgehead atoms. The van der Waals surface area contributed by atoms with Crippen LogP contribution in [0.3, 0.4) is 0 Å². The van der Waals surface area contributed by atoms with Crippen LogP contribution in [-0.2, 0) is 4.74 Å². The van der Waals surface area contributed by atoms with Crippen molar-refractivity contribution in [2.75, 3.05) is 72.6 Å². The lowest BCUT2D eigenvalue weighted by atomic mass is 10.4. The van der Waals surface area contributed by atoms with Crippen molar-refractivity contribution in [3.63, 3.8) is 0 Å². The van der Waals surface area contributed by atoms with Crippen molar-refractivity contribution in [2.24, 2.45) is 10.7 Å². The predicted octanol–water partition coefficient (Wildman–Crippen LogP) is -0.111. The summed E-state index contributed by atoms with van der Waals surface area (Å²) in [5, 5.41) is 0. The van der Waals surface area contributed by atoms with Crippen molar-refractivity contribution in [1.29, 1.82) is 0 Å². The summed E-state index contributed by atoms with van der Waals surface area (Å²) in [5.74, 6) is 0.676. The number of hydrogen-bond donors (Lipinski definition) is 1. The molecule has 2 saturated heterocycles. The van der Waals surface area contributed by atoms with Crippen molar-refractivity contribution in [3.05, 3.63) is 0 Å². The molecule has 6 nitrogen and oxygen atoms in total. The number of nitrogens with zero attached hydrogens (tertiary/aromatic N) is 4. The van der Waals surface area contributed by atoms with Crippen LogP contribution in [0.1, 0.15) is 6.42 Å². The molecule has 118 valence electrons. The monoisotopic (exact) mass is 397 g/mol. The number of aliphatic imine (C=N–C) groups is 1. The second-order valence-corrected chi connectivity index (χ2v) is 5.34. The fraction of sp³-hybridized carbons (Fsp3) is 0.923. The number of hydrogen-bond acceptors (Lipinski definition) is 4. The number of likely N-dealkylation sites (N-methyl/N-ethyl adjacent to an activating group) is 1. The van der Waals surface area contributed by atoms with Gasteiger partial charge in [0.2, 0.25) is 0 Å². The Balaban J connectivity index is 0.00000200. The molecule has 0 saturated carbocycles. The maximum absolute atomic E-state index is 6.01.